The molecule has 0 radical (unpaired) electrons. The van der Waals surface area contributed by atoms with Gasteiger partial charge in [0.1, 0.15) is 10.8 Å². The number of halogens is 1. The Labute approximate surface area is 256 Å². The van der Waals surface area contributed by atoms with Crippen LogP contribution in [0, 0.1) is 12.8 Å². The van der Waals surface area contributed by atoms with E-state index in [-0.39, 0.29) is 28.3 Å². The van der Waals surface area contributed by atoms with Gasteiger partial charge in [0.15, 0.2) is 0 Å². The Hall–Kier alpha value is -4.37. The minimum Gasteiger partial charge on any atom is -0.492 e. The number of carbonyl (C=O) groups is 2. The van der Waals surface area contributed by atoms with Gasteiger partial charge in [-0.3, -0.25) is 10.1 Å². The highest BCUT2D eigenvalue weighted by atomic mass is 35.5. The second-order valence-corrected chi connectivity index (χ2v) is 12.6. The van der Waals surface area contributed by atoms with Crippen LogP contribution >= 0.6 is 11.6 Å². The number of rotatable bonds is 6. The number of amides is 3. The quantitative estimate of drug-likeness (QED) is 0.221. The van der Waals surface area contributed by atoms with Gasteiger partial charge in [-0.25, -0.2) is 14.5 Å². The monoisotopic (exact) mass is 600 g/mol. The van der Waals surface area contributed by atoms with Crippen LogP contribution in [0.1, 0.15) is 60.8 Å². The van der Waals surface area contributed by atoms with E-state index < -0.39 is 0 Å². The summed E-state index contributed by atoms with van der Waals surface area (Å²) < 4.78 is 1.76. The van der Waals surface area contributed by atoms with Crippen LogP contribution in [0.4, 0.5) is 16.3 Å². The number of benzene rings is 2. The maximum atomic E-state index is 13.0. The van der Waals surface area contributed by atoms with Crippen molar-refractivity contribution in [2.75, 3.05) is 23.7 Å². The van der Waals surface area contributed by atoms with Crippen molar-refractivity contribution in [3.63, 3.8) is 0 Å². The van der Waals surface area contributed by atoms with Crippen LogP contribution in [0.3, 0.4) is 0 Å². The number of aromatic hydroxyl groups is 1. The molecule has 4 aromatic rings. The molecule has 0 saturated carbocycles. The van der Waals surface area contributed by atoms with E-state index in [0.29, 0.717) is 36.1 Å². The van der Waals surface area contributed by atoms with E-state index in [1.807, 2.05) is 66.4 Å². The molecular formula is C33H37ClN6O3. The number of carbonyl (C=O) groups excluding carboxylic acids is 2. The molecule has 1 aliphatic heterocycles. The highest BCUT2D eigenvalue weighted by molar-refractivity contribution is 6.32. The molecule has 3 amide bonds. The van der Waals surface area contributed by atoms with Crippen molar-refractivity contribution in [1.29, 1.82) is 0 Å². The molecule has 0 spiro atoms. The van der Waals surface area contributed by atoms with Gasteiger partial charge in [-0.05, 0) is 68.0 Å². The van der Waals surface area contributed by atoms with E-state index in [0.717, 1.165) is 36.2 Å². The average molecular weight is 601 g/mol. The van der Waals surface area contributed by atoms with Crippen LogP contribution in [-0.4, -0.2) is 49.8 Å². The van der Waals surface area contributed by atoms with Crippen molar-refractivity contribution >= 4 is 35.0 Å². The predicted molar refractivity (Wildman–Crippen MR) is 169 cm³/mol. The zero-order chi connectivity index (χ0) is 30.7. The van der Waals surface area contributed by atoms with Crippen LogP contribution in [0.5, 0.6) is 5.88 Å². The number of nitrogens with one attached hydrogen (secondary N) is 2. The molecule has 3 N–H and O–H groups in total. The number of hydrogen-bond donors (Lipinski definition) is 3. The lowest BCUT2D eigenvalue weighted by atomic mass is 9.90. The Morgan fingerprint density at radius 2 is 1.67 bits per heavy atom. The summed E-state index contributed by atoms with van der Waals surface area (Å²) in [5, 5.41) is 20.3. The van der Waals surface area contributed by atoms with Crippen molar-refractivity contribution < 1.29 is 14.7 Å². The average Bonchev–Trinajstić information content (AvgIpc) is 3.40. The van der Waals surface area contributed by atoms with E-state index in [9.17, 15) is 14.7 Å². The first-order valence-corrected chi connectivity index (χ1v) is 14.8. The SMILES string of the molecule is Cc1ccc(-n2nc(C(C)(C)C)cc2NC(=O)Nc2ccc(CC3CCN(C(=O)c4cnc(O)c(Cl)c4)CC3)cc2)cc1. The zero-order valence-electron chi connectivity index (χ0n) is 24.9. The minimum atomic E-state index is -0.344. The first-order chi connectivity index (χ1) is 20.5. The minimum absolute atomic E-state index is 0.0692. The number of urea groups is 1. The van der Waals surface area contributed by atoms with Gasteiger partial charge in [-0.2, -0.15) is 5.10 Å². The molecule has 1 aliphatic rings. The van der Waals surface area contributed by atoms with Gasteiger partial charge in [0.25, 0.3) is 5.91 Å². The maximum Gasteiger partial charge on any atom is 0.324 e. The van der Waals surface area contributed by atoms with Gasteiger partial charge < -0.3 is 15.3 Å². The molecule has 2 aromatic heterocycles. The zero-order valence-corrected chi connectivity index (χ0v) is 25.7. The first-order valence-electron chi connectivity index (χ1n) is 14.4. The number of nitrogens with zero attached hydrogens (tertiary/aromatic N) is 4. The molecular weight excluding hydrogens is 564 g/mol. The van der Waals surface area contributed by atoms with Crippen molar-refractivity contribution in [2.45, 2.75) is 52.4 Å². The highest BCUT2D eigenvalue weighted by Gasteiger charge is 2.25. The fourth-order valence-corrected chi connectivity index (χ4v) is 5.29. The number of likely N-dealkylation sites (tertiary alicyclic amines) is 1. The van der Waals surface area contributed by atoms with E-state index in [1.165, 1.54) is 17.8 Å². The van der Waals surface area contributed by atoms with Crippen LogP contribution in [0.25, 0.3) is 5.69 Å². The highest BCUT2D eigenvalue weighted by Crippen LogP contribution is 2.28. The number of pyridine rings is 1. The molecule has 0 bridgehead atoms. The molecule has 9 nitrogen and oxygen atoms in total. The van der Waals surface area contributed by atoms with Gasteiger partial charge in [0, 0.05) is 36.5 Å². The van der Waals surface area contributed by atoms with Crippen molar-refractivity contribution in [3.05, 3.63) is 94.3 Å². The van der Waals surface area contributed by atoms with Gasteiger partial charge in [0.2, 0.25) is 5.88 Å². The first kappa shape index (κ1) is 30.1. The summed E-state index contributed by atoms with van der Waals surface area (Å²) in [4.78, 5) is 31.4. The summed E-state index contributed by atoms with van der Waals surface area (Å²) in [7, 11) is 0. The molecule has 10 heteroatoms. The molecule has 43 heavy (non-hydrogen) atoms. The lowest BCUT2D eigenvalue weighted by Crippen LogP contribution is -2.39. The molecule has 0 unspecified atom stereocenters. The Bertz CT molecular complexity index is 1600. The Kier molecular flexibility index (Phi) is 8.73. The van der Waals surface area contributed by atoms with E-state index in [2.05, 4.69) is 36.4 Å². The molecule has 0 aliphatic carbocycles. The molecule has 1 fully saturated rings. The number of hydrogen-bond acceptors (Lipinski definition) is 5. The van der Waals surface area contributed by atoms with Crippen LogP contribution < -0.4 is 10.6 Å². The van der Waals surface area contributed by atoms with Gasteiger partial charge in [-0.15, -0.1) is 0 Å². The molecule has 1 saturated heterocycles. The normalized spacial score (nSPS) is 14.0. The fourth-order valence-electron chi connectivity index (χ4n) is 5.13. The summed E-state index contributed by atoms with van der Waals surface area (Å²) in [6.45, 7) is 9.61. The maximum absolute atomic E-state index is 13.0. The van der Waals surface area contributed by atoms with Crippen LogP contribution in [0.15, 0.2) is 66.9 Å². The largest absolute Gasteiger partial charge is 0.492 e. The summed E-state index contributed by atoms with van der Waals surface area (Å²) in [6.07, 6.45) is 4.02. The van der Waals surface area contributed by atoms with E-state index in [1.54, 1.807) is 4.68 Å². The standard InChI is InChI=1S/C33H37ClN6O3/c1-21-5-11-26(12-6-21)40-29(19-28(38-40)33(2,3)4)37-32(43)36-25-9-7-22(8-10-25)17-23-13-15-39(16-14-23)31(42)24-18-27(34)30(41)35-20-24/h5-12,18-20,23H,13-17H2,1-4H3,(H,35,41)(H2,36,37,43). The predicted octanol–water partition coefficient (Wildman–Crippen LogP) is 6.97. The summed E-state index contributed by atoms with van der Waals surface area (Å²) in [5.74, 6) is 0.640. The van der Waals surface area contributed by atoms with Crippen LogP contribution in [-0.2, 0) is 11.8 Å². The van der Waals surface area contributed by atoms with Crippen molar-refractivity contribution in [2.24, 2.45) is 5.92 Å². The second-order valence-electron chi connectivity index (χ2n) is 12.2. The van der Waals surface area contributed by atoms with E-state index >= 15 is 0 Å². The second kappa shape index (κ2) is 12.5. The third kappa shape index (κ3) is 7.35. The third-order valence-corrected chi connectivity index (χ3v) is 7.98. The summed E-state index contributed by atoms with van der Waals surface area (Å²) in [6, 6.07) is 18.9. The molecule has 0 atom stereocenters. The smallest absolute Gasteiger partial charge is 0.324 e. The third-order valence-electron chi connectivity index (χ3n) is 7.70. The lowest BCUT2D eigenvalue weighted by molar-refractivity contribution is 0.0690. The number of aryl methyl sites for hydroxylation is 1. The fraction of sp³-hybridized carbons (Fsp3) is 0.333. The Morgan fingerprint density at radius 3 is 2.30 bits per heavy atom. The van der Waals surface area contributed by atoms with Crippen LogP contribution in [0.2, 0.25) is 5.02 Å². The molecule has 5 rings (SSSR count). The number of anilines is 2. The molecule has 224 valence electrons. The van der Waals surface area contributed by atoms with E-state index in [4.69, 9.17) is 16.7 Å². The van der Waals surface area contributed by atoms with Crippen molar-refractivity contribution in [3.8, 4) is 11.6 Å². The molecule has 2 aromatic carbocycles. The Morgan fingerprint density at radius 1 is 1.00 bits per heavy atom. The van der Waals surface area contributed by atoms with Gasteiger partial charge >= 0.3 is 6.03 Å². The Balaban J connectivity index is 1.16. The van der Waals surface area contributed by atoms with Crippen molar-refractivity contribution in [1.82, 2.24) is 19.7 Å². The summed E-state index contributed by atoms with van der Waals surface area (Å²) >= 11 is 5.92. The lowest BCUT2D eigenvalue weighted by Gasteiger charge is -2.32. The summed E-state index contributed by atoms with van der Waals surface area (Å²) in [5.41, 5.74) is 4.98. The number of aromatic nitrogens is 3. The molecule has 3 heterocycles. The number of piperidine rings is 1. The topological polar surface area (TPSA) is 112 Å². The van der Waals surface area contributed by atoms with Gasteiger partial charge in [-0.1, -0.05) is 62.2 Å². The van der Waals surface area contributed by atoms with Gasteiger partial charge in [0.05, 0.1) is 16.9 Å².